The number of hydrogen-bond acceptors (Lipinski definition) is 6. The molecular formula is C27H48O6Si. The van der Waals surface area contributed by atoms with E-state index in [0.29, 0.717) is 31.5 Å². The number of hydrogen-bond donors (Lipinski definition) is 0. The van der Waals surface area contributed by atoms with Gasteiger partial charge in [-0.25, -0.2) is 0 Å². The van der Waals surface area contributed by atoms with E-state index in [9.17, 15) is 4.79 Å². The molecule has 0 aromatic heterocycles. The molecule has 2 fully saturated rings. The molecule has 6 nitrogen and oxygen atoms in total. The molecule has 3 aliphatic rings. The van der Waals surface area contributed by atoms with E-state index in [1.54, 1.807) is 0 Å². The number of ether oxygens (including phenoxy) is 4. The lowest BCUT2D eigenvalue weighted by atomic mass is 9.90. The van der Waals surface area contributed by atoms with Gasteiger partial charge in [0.1, 0.15) is 0 Å². The minimum Gasteiger partial charge on any atom is -0.466 e. The van der Waals surface area contributed by atoms with Gasteiger partial charge in [0.05, 0.1) is 25.4 Å². The summed E-state index contributed by atoms with van der Waals surface area (Å²) in [4.78, 5) is 11.7. The first kappa shape index (κ1) is 27.8. The van der Waals surface area contributed by atoms with Crippen LogP contribution in [0.1, 0.15) is 79.1 Å². The van der Waals surface area contributed by atoms with Gasteiger partial charge in [0, 0.05) is 32.0 Å². The van der Waals surface area contributed by atoms with E-state index in [2.05, 4.69) is 39.9 Å². The highest BCUT2D eigenvalue weighted by Crippen LogP contribution is 2.44. The third kappa shape index (κ3) is 7.63. The van der Waals surface area contributed by atoms with Gasteiger partial charge >= 0.3 is 5.97 Å². The van der Waals surface area contributed by atoms with Gasteiger partial charge in [-0.15, -0.1) is 0 Å². The molecule has 2 heterocycles. The van der Waals surface area contributed by atoms with Crippen LogP contribution in [0.5, 0.6) is 0 Å². The van der Waals surface area contributed by atoms with Gasteiger partial charge in [0.15, 0.2) is 14.6 Å². The summed E-state index contributed by atoms with van der Waals surface area (Å²) in [5.41, 5.74) is 1.30. The second-order valence-corrected chi connectivity index (χ2v) is 16.5. The van der Waals surface area contributed by atoms with E-state index in [1.165, 1.54) is 12.0 Å². The summed E-state index contributed by atoms with van der Waals surface area (Å²) in [6, 6.07) is 0. The van der Waals surface area contributed by atoms with Crippen molar-refractivity contribution in [1.29, 1.82) is 0 Å². The number of allylic oxidation sites excluding steroid dienone is 1. The van der Waals surface area contributed by atoms with E-state index in [-0.39, 0.29) is 29.5 Å². The predicted octanol–water partition coefficient (Wildman–Crippen LogP) is 6.00. The average Bonchev–Trinajstić information content (AvgIpc) is 2.96. The first-order chi connectivity index (χ1) is 16.1. The van der Waals surface area contributed by atoms with Gasteiger partial charge in [0.25, 0.3) is 0 Å². The number of carbonyl (C=O) groups is 1. The van der Waals surface area contributed by atoms with E-state index >= 15 is 0 Å². The minimum absolute atomic E-state index is 0.0922. The fourth-order valence-corrected chi connectivity index (χ4v) is 6.06. The summed E-state index contributed by atoms with van der Waals surface area (Å²) in [5.74, 6) is 0.586. The molecule has 7 heteroatoms. The Morgan fingerprint density at radius 2 is 2.00 bits per heavy atom. The second kappa shape index (κ2) is 12.5. The quantitative estimate of drug-likeness (QED) is 0.210. The van der Waals surface area contributed by atoms with Crippen LogP contribution < -0.4 is 0 Å². The fourth-order valence-electron chi connectivity index (χ4n) is 5.01. The van der Waals surface area contributed by atoms with E-state index in [1.807, 2.05) is 6.92 Å². The predicted molar refractivity (Wildman–Crippen MR) is 136 cm³/mol. The normalized spacial score (nSPS) is 30.4. The van der Waals surface area contributed by atoms with E-state index in [0.717, 1.165) is 51.7 Å². The lowest BCUT2D eigenvalue weighted by Crippen LogP contribution is -2.44. The Morgan fingerprint density at radius 1 is 1.21 bits per heavy atom. The van der Waals surface area contributed by atoms with Crippen LogP contribution in [0.3, 0.4) is 0 Å². The number of carbonyl (C=O) groups excluding carboxylic acids is 1. The summed E-state index contributed by atoms with van der Waals surface area (Å²) >= 11 is 0. The van der Waals surface area contributed by atoms with Crippen LogP contribution in [-0.4, -0.2) is 59.2 Å². The zero-order chi connectivity index (χ0) is 24.8. The highest BCUT2D eigenvalue weighted by atomic mass is 28.4. The Bertz CT molecular complexity index is 679. The summed E-state index contributed by atoms with van der Waals surface area (Å²) in [6.45, 7) is 16.0. The molecule has 0 aromatic rings. The van der Waals surface area contributed by atoms with Gasteiger partial charge in [-0.2, -0.15) is 0 Å². The third-order valence-electron chi connectivity index (χ3n) is 8.22. The molecule has 0 bridgehead atoms. The average molecular weight is 497 g/mol. The van der Waals surface area contributed by atoms with Crippen LogP contribution in [-0.2, 0) is 28.2 Å². The van der Waals surface area contributed by atoms with Gasteiger partial charge < -0.3 is 23.4 Å². The van der Waals surface area contributed by atoms with Crippen LogP contribution in [0.15, 0.2) is 11.6 Å². The zero-order valence-corrected chi connectivity index (χ0v) is 23.4. The van der Waals surface area contributed by atoms with Crippen LogP contribution in [0.2, 0.25) is 18.1 Å². The Balaban J connectivity index is 1.64. The zero-order valence-electron chi connectivity index (χ0n) is 22.4. The maximum Gasteiger partial charge on any atom is 0.305 e. The highest BCUT2D eigenvalue weighted by Gasteiger charge is 2.47. The Morgan fingerprint density at radius 3 is 2.68 bits per heavy atom. The molecule has 0 aromatic carbocycles. The molecule has 0 spiro atoms. The smallest absolute Gasteiger partial charge is 0.305 e. The summed E-state index contributed by atoms with van der Waals surface area (Å²) < 4.78 is 30.7. The second-order valence-electron chi connectivity index (χ2n) is 11.7. The van der Waals surface area contributed by atoms with Crippen molar-refractivity contribution in [3.05, 3.63) is 11.6 Å². The van der Waals surface area contributed by atoms with Crippen molar-refractivity contribution in [2.24, 2.45) is 11.8 Å². The van der Waals surface area contributed by atoms with Gasteiger partial charge in [0.2, 0.25) is 0 Å². The van der Waals surface area contributed by atoms with Crippen molar-refractivity contribution in [1.82, 2.24) is 0 Å². The van der Waals surface area contributed by atoms with Crippen molar-refractivity contribution < 1.29 is 28.2 Å². The lowest BCUT2D eigenvalue weighted by molar-refractivity contribution is -0.198. The van der Waals surface area contributed by atoms with Gasteiger partial charge in [-0.3, -0.25) is 4.79 Å². The summed E-state index contributed by atoms with van der Waals surface area (Å²) in [5, 5.41) is 0.180. The van der Waals surface area contributed by atoms with E-state index in [4.69, 9.17) is 23.4 Å². The summed E-state index contributed by atoms with van der Waals surface area (Å²) in [6.07, 6.45) is 9.89. The molecule has 5 atom stereocenters. The van der Waals surface area contributed by atoms with Crippen LogP contribution in [0, 0.1) is 11.8 Å². The first-order valence-electron chi connectivity index (χ1n) is 13.5. The minimum atomic E-state index is -1.86. The monoisotopic (exact) mass is 496 g/mol. The molecule has 1 saturated carbocycles. The molecule has 0 radical (unpaired) electrons. The SMILES string of the molecule is CCOC(=O)CCCC1=CC[C@@H]2[C@@H](CO[Si](C)(C)C(C)(C)C)[C@H](OC3CCCCO3)C[C@@H]2OC1. The Labute approximate surface area is 208 Å². The molecule has 1 saturated heterocycles. The molecule has 0 amide bonds. The van der Waals surface area contributed by atoms with Crippen LogP contribution >= 0.6 is 0 Å². The Hall–Kier alpha value is -0.733. The molecular weight excluding hydrogens is 448 g/mol. The van der Waals surface area contributed by atoms with Crippen molar-refractivity contribution in [3.8, 4) is 0 Å². The number of fused-ring (bicyclic) bond motifs is 1. The van der Waals surface area contributed by atoms with Crippen LogP contribution in [0.4, 0.5) is 0 Å². The molecule has 34 heavy (non-hydrogen) atoms. The third-order valence-corrected chi connectivity index (χ3v) is 12.7. The van der Waals surface area contributed by atoms with Gasteiger partial charge in [-0.1, -0.05) is 26.8 Å². The molecule has 2 aliphatic heterocycles. The largest absolute Gasteiger partial charge is 0.466 e. The maximum atomic E-state index is 11.7. The van der Waals surface area contributed by atoms with Crippen molar-refractivity contribution in [2.75, 3.05) is 26.4 Å². The molecule has 1 unspecified atom stereocenters. The lowest BCUT2D eigenvalue weighted by Gasteiger charge is -2.38. The first-order valence-corrected chi connectivity index (χ1v) is 16.4. The molecule has 3 rings (SSSR count). The standard InChI is InChI=1S/C27H48O6Si/c1-7-29-25(28)12-10-11-20-14-15-21-22(19-32-34(5,6)27(2,3)4)24(17-23(21)31-18-20)33-26-13-8-9-16-30-26/h14,21-24,26H,7-13,15-19H2,1-6H3/t21-,22-,23+,24-,26?/m1/s1. The number of esters is 1. The summed E-state index contributed by atoms with van der Waals surface area (Å²) in [7, 11) is -1.86. The topological polar surface area (TPSA) is 63.2 Å². The highest BCUT2D eigenvalue weighted by molar-refractivity contribution is 6.74. The van der Waals surface area contributed by atoms with Crippen molar-refractivity contribution in [2.45, 2.75) is 116 Å². The molecule has 1 aliphatic carbocycles. The fraction of sp³-hybridized carbons (Fsp3) is 0.889. The maximum absolute atomic E-state index is 11.7. The van der Waals surface area contributed by atoms with Gasteiger partial charge in [-0.05, 0) is 75.1 Å². The van der Waals surface area contributed by atoms with Crippen molar-refractivity contribution in [3.63, 3.8) is 0 Å². The molecule has 0 N–H and O–H groups in total. The van der Waals surface area contributed by atoms with Crippen LogP contribution in [0.25, 0.3) is 0 Å². The molecule has 196 valence electrons. The Kier molecular flexibility index (Phi) is 10.2. The number of rotatable bonds is 10. The van der Waals surface area contributed by atoms with Crippen molar-refractivity contribution >= 4 is 14.3 Å². The van der Waals surface area contributed by atoms with E-state index < -0.39 is 8.32 Å².